The molecule has 3 heteroatoms. The van der Waals surface area contributed by atoms with Crippen LogP contribution < -0.4 is 0 Å². The number of phenolic OH excluding ortho intramolecular Hbond substituents is 1. The van der Waals surface area contributed by atoms with E-state index in [4.69, 9.17) is 5.11 Å². The number of aromatic nitrogens is 2. The highest BCUT2D eigenvalue weighted by molar-refractivity contribution is 5.25. The summed E-state index contributed by atoms with van der Waals surface area (Å²) in [6, 6.07) is 7.40. The van der Waals surface area contributed by atoms with Crippen molar-refractivity contribution in [1.82, 2.24) is 9.55 Å². The summed E-state index contributed by atoms with van der Waals surface area (Å²) < 4.78 is 2.15. The lowest BCUT2D eigenvalue weighted by Gasteiger charge is -2.05. The average Bonchev–Trinajstić information content (AvgIpc) is 2.68. The molecule has 0 aliphatic heterocycles. The van der Waals surface area contributed by atoms with Gasteiger partial charge >= 0.3 is 0 Å². The highest BCUT2D eigenvalue weighted by Gasteiger charge is 1.97. The molecule has 1 heterocycles. The zero-order chi connectivity index (χ0) is 11.4. The summed E-state index contributed by atoms with van der Waals surface area (Å²) in [6.07, 6.45) is 5.95. The number of aromatic hydroxyl groups is 1. The van der Waals surface area contributed by atoms with Gasteiger partial charge in [0.2, 0.25) is 0 Å². The van der Waals surface area contributed by atoms with Gasteiger partial charge in [-0.2, -0.15) is 0 Å². The van der Waals surface area contributed by atoms with Crippen molar-refractivity contribution < 1.29 is 5.11 Å². The van der Waals surface area contributed by atoms with E-state index in [1.54, 1.807) is 12.1 Å². The molecule has 0 saturated heterocycles. The van der Waals surface area contributed by atoms with E-state index in [1.165, 1.54) is 5.56 Å². The second-order valence-corrected chi connectivity index (χ2v) is 3.94. The second kappa shape index (κ2) is 4.84. The van der Waals surface area contributed by atoms with Crippen LogP contribution >= 0.6 is 0 Å². The van der Waals surface area contributed by atoms with Crippen LogP contribution in [0.5, 0.6) is 5.75 Å². The SMILES string of the molecule is Cc1nccn1CCCc1ccc(O)cc1. The molecule has 1 aromatic carbocycles. The molecule has 0 aliphatic rings. The van der Waals surface area contributed by atoms with E-state index in [-0.39, 0.29) is 0 Å². The first kappa shape index (κ1) is 10.7. The molecule has 2 rings (SSSR count). The third-order valence-corrected chi connectivity index (χ3v) is 2.72. The Hall–Kier alpha value is -1.77. The van der Waals surface area contributed by atoms with Crippen molar-refractivity contribution in [2.24, 2.45) is 0 Å². The van der Waals surface area contributed by atoms with Crippen molar-refractivity contribution in [2.45, 2.75) is 26.3 Å². The molecule has 0 unspecified atom stereocenters. The van der Waals surface area contributed by atoms with Crippen molar-refractivity contribution in [3.05, 3.63) is 48.0 Å². The summed E-state index contributed by atoms with van der Waals surface area (Å²) in [4.78, 5) is 4.18. The molecular formula is C13H16N2O. The number of hydrogen-bond acceptors (Lipinski definition) is 2. The number of benzene rings is 1. The lowest BCUT2D eigenvalue weighted by molar-refractivity contribution is 0.475. The van der Waals surface area contributed by atoms with Crippen molar-refractivity contribution in [1.29, 1.82) is 0 Å². The molecule has 1 aromatic heterocycles. The fourth-order valence-electron chi connectivity index (χ4n) is 1.76. The lowest BCUT2D eigenvalue weighted by Crippen LogP contribution is -2.00. The van der Waals surface area contributed by atoms with E-state index in [0.717, 1.165) is 25.2 Å². The van der Waals surface area contributed by atoms with Crippen LogP contribution in [0.25, 0.3) is 0 Å². The number of imidazole rings is 1. The summed E-state index contributed by atoms with van der Waals surface area (Å²) in [5.41, 5.74) is 1.26. The zero-order valence-electron chi connectivity index (χ0n) is 9.43. The van der Waals surface area contributed by atoms with Crippen LogP contribution in [0.4, 0.5) is 0 Å². The predicted octanol–water partition coefficient (Wildman–Crippen LogP) is 2.53. The van der Waals surface area contributed by atoms with Crippen LogP contribution in [0.15, 0.2) is 36.7 Å². The van der Waals surface area contributed by atoms with E-state index < -0.39 is 0 Å². The van der Waals surface area contributed by atoms with Crippen LogP contribution in [0.3, 0.4) is 0 Å². The van der Waals surface area contributed by atoms with Crippen molar-refractivity contribution in [3.8, 4) is 5.75 Å². The van der Waals surface area contributed by atoms with Crippen LogP contribution in [-0.4, -0.2) is 14.7 Å². The maximum atomic E-state index is 9.16. The standard InChI is InChI=1S/C13H16N2O/c1-11-14-8-10-15(11)9-2-3-12-4-6-13(16)7-5-12/h4-8,10,16H,2-3,9H2,1H3. The van der Waals surface area contributed by atoms with Crippen LogP contribution in [0.2, 0.25) is 0 Å². The number of rotatable bonds is 4. The quantitative estimate of drug-likeness (QED) is 0.852. The lowest BCUT2D eigenvalue weighted by atomic mass is 10.1. The average molecular weight is 216 g/mol. The predicted molar refractivity (Wildman–Crippen MR) is 63.4 cm³/mol. The largest absolute Gasteiger partial charge is 0.508 e. The van der Waals surface area contributed by atoms with Gasteiger partial charge in [0.25, 0.3) is 0 Å². The Morgan fingerprint density at radius 3 is 2.62 bits per heavy atom. The first-order chi connectivity index (χ1) is 7.75. The number of nitrogens with zero attached hydrogens (tertiary/aromatic N) is 2. The second-order valence-electron chi connectivity index (χ2n) is 3.94. The van der Waals surface area contributed by atoms with E-state index in [9.17, 15) is 0 Å². The molecule has 0 bridgehead atoms. The Balaban J connectivity index is 1.84. The van der Waals surface area contributed by atoms with Crippen LogP contribution in [0, 0.1) is 6.92 Å². The normalized spacial score (nSPS) is 10.6. The van der Waals surface area contributed by atoms with Gasteiger partial charge in [-0.1, -0.05) is 12.1 Å². The molecule has 84 valence electrons. The third kappa shape index (κ3) is 2.63. The van der Waals surface area contributed by atoms with Gasteiger partial charge in [0.1, 0.15) is 11.6 Å². The minimum atomic E-state index is 0.328. The zero-order valence-corrected chi connectivity index (χ0v) is 9.43. The molecule has 0 spiro atoms. The number of hydrogen-bond donors (Lipinski definition) is 1. The molecular weight excluding hydrogens is 200 g/mol. The maximum absolute atomic E-state index is 9.16. The molecule has 16 heavy (non-hydrogen) atoms. The molecule has 1 N–H and O–H groups in total. The van der Waals surface area contributed by atoms with Gasteiger partial charge in [0.15, 0.2) is 0 Å². The molecule has 0 aliphatic carbocycles. The molecule has 0 amide bonds. The summed E-state index contributed by atoms with van der Waals surface area (Å²) in [5.74, 6) is 1.39. The van der Waals surface area contributed by atoms with Gasteiger partial charge < -0.3 is 9.67 Å². The van der Waals surface area contributed by atoms with Crippen molar-refractivity contribution in [2.75, 3.05) is 0 Å². The molecule has 0 saturated carbocycles. The van der Waals surface area contributed by atoms with Gasteiger partial charge in [-0.15, -0.1) is 0 Å². The smallest absolute Gasteiger partial charge is 0.115 e. The van der Waals surface area contributed by atoms with E-state index in [1.807, 2.05) is 31.5 Å². The van der Waals surface area contributed by atoms with E-state index in [2.05, 4.69) is 9.55 Å². The van der Waals surface area contributed by atoms with Gasteiger partial charge in [0, 0.05) is 18.9 Å². The van der Waals surface area contributed by atoms with Crippen LogP contribution in [-0.2, 0) is 13.0 Å². The van der Waals surface area contributed by atoms with Crippen molar-refractivity contribution in [3.63, 3.8) is 0 Å². The monoisotopic (exact) mass is 216 g/mol. The first-order valence-corrected chi connectivity index (χ1v) is 5.51. The molecule has 0 atom stereocenters. The number of aryl methyl sites for hydroxylation is 3. The Morgan fingerprint density at radius 2 is 2.00 bits per heavy atom. The fourth-order valence-corrected chi connectivity index (χ4v) is 1.76. The summed E-state index contributed by atoms with van der Waals surface area (Å²) in [6.45, 7) is 3.01. The van der Waals surface area contributed by atoms with Gasteiger partial charge in [0.05, 0.1) is 0 Å². The Labute approximate surface area is 95.4 Å². The highest BCUT2D eigenvalue weighted by atomic mass is 16.3. The fraction of sp³-hybridized carbons (Fsp3) is 0.308. The first-order valence-electron chi connectivity index (χ1n) is 5.51. The summed E-state index contributed by atoms with van der Waals surface area (Å²) in [5, 5.41) is 9.16. The summed E-state index contributed by atoms with van der Waals surface area (Å²) >= 11 is 0. The van der Waals surface area contributed by atoms with Crippen LogP contribution in [0.1, 0.15) is 17.8 Å². The molecule has 2 aromatic rings. The van der Waals surface area contributed by atoms with E-state index >= 15 is 0 Å². The maximum Gasteiger partial charge on any atom is 0.115 e. The minimum absolute atomic E-state index is 0.328. The number of phenols is 1. The highest BCUT2D eigenvalue weighted by Crippen LogP contribution is 2.11. The molecule has 3 nitrogen and oxygen atoms in total. The van der Waals surface area contributed by atoms with Gasteiger partial charge in [-0.3, -0.25) is 0 Å². The minimum Gasteiger partial charge on any atom is -0.508 e. The Bertz CT molecular complexity index is 445. The Kier molecular flexibility index (Phi) is 3.25. The molecule has 0 radical (unpaired) electrons. The Morgan fingerprint density at radius 1 is 1.25 bits per heavy atom. The van der Waals surface area contributed by atoms with E-state index in [0.29, 0.717) is 5.75 Å². The topological polar surface area (TPSA) is 38.0 Å². The summed E-state index contributed by atoms with van der Waals surface area (Å²) in [7, 11) is 0. The van der Waals surface area contributed by atoms with Crippen molar-refractivity contribution >= 4 is 0 Å². The molecule has 0 fully saturated rings. The van der Waals surface area contributed by atoms with Gasteiger partial charge in [-0.05, 0) is 37.5 Å². The van der Waals surface area contributed by atoms with Gasteiger partial charge in [-0.25, -0.2) is 4.98 Å². The third-order valence-electron chi connectivity index (χ3n) is 2.72.